The Morgan fingerprint density at radius 2 is 1.57 bits per heavy atom. The third-order valence-electron chi connectivity index (χ3n) is 4.73. The van der Waals surface area contributed by atoms with Crippen molar-refractivity contribution in [1.29, 1.82) is 0 Å². The van der Waals surface area contributed by atoms with Crippen LogP contribution in [0, 0.1) is 11.8 Å². The largest absolute Gasteiger partial charge is 0.465 e. The molecule has 1 rings (SSSR count). The molecule has 2 atom stereocenters. The number of hydrogen-bond acceptors (Lipinski definition) is 8. The number of carbonyl (C=O) groups is 4. The molecule has 0 aromatic carbocycles. The van der Waals surface area contributed by atoms with E-state index >= 15 is 0 Å². The standard InChI is InChI=1S/C21H35NO8/c1-9-27-17(24)15(18(25)28-10-2)11-14(13(3)23)16-12-29-21(7,8)22(16)19(26)30-20(4,5)6/h14-16H,9-12H2,1-8H3/t14?,16-/m0/s1. The molecular formula is C21H35NO8. The van der Waals surface area contributed by atoms with E-state index in [1.54, 1.807) is 48.5 Å². The van der Waals surface area contributed by atoms with E-state index in [0.717, 1.165) is 0 Å². The average Bonchev–Trinajstić information content (AvgIpc) is 2.89. The molecule has 0 radical (unpaired) electrons. The van der Waals surface area contributed by atoms with Crippen LogP contribution in [0.1, 0.15) is 61.8 Å². The van der Waals surface area contributed by atoms with E-state index in [9.17, 15) is 19.2 Å². The summed E-state index contributed by atoms with van der Waals surface area (Å²) < 4.78 is 21.3. The van der Waals surface area contributed by atoms with Crippen LogP contribution in [0.5, 0.6) is 0 Å². The molecule has 9 heteroatoms. The van der Waals surface area contributed by atoms with Gasteiger partial charge in [-0.15, -0.1) is 0 Å². The molecule has 0 aliphatic carbocycles. The van der Waals surface area contributed by atoms with Gasteiger partial charge in [-0.05, 0) is 61.8 Å². The summed E-state index contributed by atoms with van der Waals surface area (Å²) >= 11 is 0. The number of rotatable bonds is 8. The number of ether oxygens (including phenoxy) is 4. The topological polar surface area (TPSA) is 108 Å². The van der Waals surface area contributed by atoms with Crippen LogP contribution in [-0.2, 0) is 33.3 Å². The first kappa shape index (κ1) is 25.9. The summed E-state index contributed by atoms with van der Waals surface area (Å²) in [7, 11) is 0. The molecule has 1 heterocycles. The smallest absolute Gasteiger partial charge is 0.412 e. The molecule has 0 saturated carbocycles. The summed E-state index contributed by atoms with van der Waals surface area (Å²) in [6.07, 6.45) is -0.791. The molecule has 1 fully saturated rings. The van der Waals surface area contributed by atoms with E-state index in [1.165, 1.54) is 11.8 Å². The Morgan fingerprint density at radius 1 is 1.07 bits per heavy atom. The van der Waals surface area contributed by atoms with Crippen LogP contribution >= 0.6 is 0 Å². The highest BCUT2D eigenvalue weighted by atomic mass is 16.6. The second-order valence-corrected chi connectivity index (χ2v) is 8.68. The number of ketones is 1. The second-order valence-electron chi connectivity index (χ2n) is 8.68. The number of carbonyl (C=O) groups excluding carboxylic acids is 4. The Kier molecular flexibility index (Phi) is 8.83. The maximum atomic E-state index is 12.9. The van der Waals surface area contributed by atoms with Crippen molar-refractivity contribution in [3.8, 4) is 0 Å². The number of esters is 2. The average molecular weight is 430 g/mol. The van der Waals surface area contributed by atoms with Crippen molar-refractivity contribution in [2.24, 2.45) is 11.8 Å². The molecule has 1 unspecified atom stereocenters. The van der Waals surface area contributed by atoms with Gasteiger partial charge in [-0.1, -0.05) is 0 Å². The van der Waals surface area contributed by atoms with Crippen LogP contribution in [0.2, 0.25) is 0 Å². The fraction of sp³-hybridized carbons (Fsp3) is 0.810. The van der Waals surface area contributed by atoms with Gasteiger partial charge in [-0.25, -0.2) is 4.79 Å². The summed E-state index contributed by atoms with van der Waals surface area (Å²) in [5.74, 6) is -3.93. The molecule has 0 aromatic heterocycles. The summed E-state index contributed by atoms with van der Waals surface area (Å²) in [5, 5.41) is 0. The van der Waals surface area contributed by atoms with Gasteiger partial charge < -0.3 is 18.9 Å². The first-order valence-corrected chi connectivity index (χ1v) is 10.2. The van der Waals surface area contributed by atoms with Crippen LogP contribution in [0.25, 0.3) is 0 Å². The SMILES string of the molecule is CCOC(=O)C(CC(C(C)=O)[C@@H]1COC(C)(C)N1C(=O)OC(C)(C)C)C(=O)OCC. The Hall–Kier alpha value is -2.16. The molecule has 1 aliphatic rings. The second kappa shape index (κ2) is 10.2. The highest BCUT2D eigenvalue weighted by Crippen LogP contribution is 2.35. The van der Waals surface area contributed by atoms with E-state index in [1.807, 2.05) is 0 Å². The lowest BCUT2D eigenvalue weighted by molar-refractivity contribution is -0.162. The maximum absolute atomic E-state index is 12.9. The van der Waals surface area contributed by atoms with Gasteiger partial charge in [0, 0.05) is 5.92 Å². The van der Waals surface area contributed by atoms with Crippen LogP contribution in [0.4, 0.5) is 4.79 Å². The molecule has 0 bridgehead atoms. The zero-order valence-corrected chi connectivity index (χ0v) is 19.3. The monoisotopic (exact) mass is 429 g/mol. The Morgan fingerprint density at radius 3 is 1.97 bits per heavy atom. The summed E-state index contributed by atoms with van der Waals surface area (Å²) in [5.41, 5.74) is -1.77. The maximum Gasteiger partial charge on any atom is 0.412 e. The van der Waals surface area contributed by atoms with Gasteiger partial charge in [0.05, 0.1) is 25.9 Å². The van der Waals surface area contributed by atoms with Crippen molar-refractivity contribution < 1.29 is 38.1 Å². The summed E-state index contributed by atoms with van der Waals surface area (Å²) in [6, 6.07) is -0.710. The minimum Gasteiger partial charge on any atom is -0.465 e. The lowest BCUT2D eigenvalue weighted by atomic mass is 9.85. The van der Waals surface area contributed by atoms with Gasteiger partial charge in [0.15, 0.2) is 5.92 Å². The molecule has 0 aromatic rings. The first-order chi connectivity index (χ1) is 13.7. The first-order valence-electron chi connectivity index (χ1n) is 10.2. The predicted octanol–water partition coefficient (Wildman–Crippen LogP) is 2.70. The normalized spacial score (nSPS) is 19.4. The highest BCUT2D eigenvalue weighted by molar-refractivity contribution is 5.95. The zero-order chi connectivity index (χ0) is 23.3. The van der Waals surface area contributed by atoms with Crippen LogP contribution in [-0.4, -0.2) is 65.9 Å². The van der Waals surface area contributed by atoms with Crippen molar-refractivity contribution in [1.82, 2.24) is 4.90 Å². The van der Waals surface area contributed by atoms with Gasteiger partial charge in [0.1, 0.15) is 17.1 Å². The molecule has 1 saturated heterocycles. The van der Waals surface area contributed by atoms with Crippen molar-refractivity contribution in [3.05, 3.63) is 0 Å². The molecule has 1 aliphatic heterocycles. The van der Waals surface area contributed by atoms with Gasteiger partial charge in [0.25, 0.3) is 0 Å². The fourth-order valence-corrected chi connectivity index (χ4v) is 3.42. The number of Topliss-reactive ketones (excluding diaryl/α,β-unsaturated/α-hetero) is 1. The van der Waals surface area contributed by atoms with Gasteiger partial charge in [-0.3, -0.25) is 19.3 Å². The Labute approximate surface area is 178 Å². The Bertz CT molecular complexity index is 634. The molecule has 30 heavy (non-hydrogen) atoms. The number of amides is 1. The third kappa shape index (κ3) is 6.68. The van der Waals surface area contributed by atoms with Crippen LogP contribution < -0.4 is 0 Å². The van der Waals surface area contributed by atoms with E-state index in [2.05, 4.69) is 0 Å². The van der Waals surface area contributed by atoms with Gasteiger partial charge in [-0.2, -0.15) is 0 Å². The number of nitrogens with zero attached hydrogens (tertiary/aromatic N) is 1. The molecule has 9 nitrogen and oxygen atoms in total. The van der Waals surface area contributed by atoms with E-state index in [0.29, 0.717) is 0 Å². The van der Waals surface area contributed by atoms with E-state index < -0.39 is 47.2 Å². The van der Waals surface area contributed by atoms with E-state index in [4.69, 9.17) is 18.9 Å². The minimum absolute atomic E-state index is 0.0643. The molecule has 0 spiro atoms. The summed E-state index contributed by atoms with van der Waals surface area (Å²) in [4.78, 5) is 51.6. The van der Waals surface area contributed by atoms with Crippen molar-refractivity contribution in [3.63, 3.8) is 0 Å². The van der Waals surface area contributed by atoms with Crippen molar-refractivity contribution in [2.75, 3.05) is 19.8 Å². The molecule has 0 N–H and O–H groups in total. The molecular weight excluding hydrogens is 394 g/mol. The predicted molar refractivity (Wildman–Crippen MR) is 107 cm³/mol. The number of hydrogen-bond donors (Lipinski definition) is 0. The highest BCUT2D eigenvalue weighted by Gasteiger charge is 2.51. The lowest BCUT2D eigenvalue weighted by Crippen LogP contribution is -2.53. The molecule has 172 valence electrons. The third-order valence-corrected chi connectivity index (χ3v) is 4.73. The van der Waals surface area contributed by atoms with Gasteiger partial charge >= 0.3 is 18.0 Å². The summed E-state index contributed by atoms with van der Waals surface area (Å²) in [6.45, 7) is 13.5. The fourth-order valence-electron chi connectivity index (χ4n) is 3.42. The van der Waals surface area contributed by atoms with E-state index in [-0.39, 0.29) is 32.0 Å². The van der Waals surface area contributed by atoms with Crippen LogP contribution in [0.3, 0.4) is 0 Å². The Balaban J connectivity index is 3.24. The minimum atomic E-state index is -1.28. The molecule has 1 amide bonds. The van der Waals surface area contributed by atoms with Crippen molar-refractivity contribution in [2.45, 2.75) is 79.2 Å². The quantitative estimate of drug-likeness (QED) is 0.329. The lowest BCUT2D eigenvalue weighted by Gasteiger charge is -2.37. The van der Waals surface area contributed by atoms with Gasteiger partial charge in [0.2, 0.25) is 0 Å². The van der Waals surface area contributed by atoms with Crippen LogP contribution in [0.15, 0.2) is 0 Å². The van der Waals surface area contributed by atoms with Crippen molar-refractivity contribution >= 4 is 23.8 Å². The zero-order valence-electron chi connectivity index (χ0n) is 19.3.